The number of rotatable bonds is 1. The number of hydrogen-bond donors (Lipinski definition) is 2. The Labute approximate surface area is 59.9 Å². The van der Waals surface area contributed by atoms with Gasteiger partial charge in [-0.25, -0.2) is 9.59 Å². The van der Waals surface area contributed by atoms with Crippen molar-refractivity contribution in [2.45, 2.75) is 0 Å². The van der Waals surface area contributed by atoms with Crippen molar-refractivity contribution < 1.29 is 19.8 Å². The molecule has 0 saturated carbocycles. The molecule has 0 fully saturated rings. The standard InChI is InChI=1S/C4H3N3O4/c8-3(9)2-1-5-6-7(2)4(10)11/h1H,(H,8,9)(H,10,11). The van der Waals surface area contributed by atoms with Crippen LogP contribution >= 0.6 is 0 Å². The number of carbonyl (C=O) groups is 2. The fourth-order valence-electron chi connectivity index (χ4n) is 0.522. The predicted octanol–water partition coefficient (Wildman–Crippen LogP) is -0.498. The summed E-state index contributed by atoms with van der Waals surface area (Å²) in [6.07, 6.45) is -0.615. The van der Waals surface area contributed by atoms with Gasteiger partial charge in [-0.2, -0.15) is 0 Å². The molecule has 7 nitrogen and oxygen atoms in total. The monoisotopic (exact) mass is 157 g/mol. The quantitative estimate of drug-likeness (QED) is 0.569. The second kappa shape index (κ2) is 2.37. The first-order valence-electron chi connectivity index (χ1n) is 2.50. The summed E-state index contributed by atoms with van der Waals surface area (Å²) in [4.78, 5) is 20.4. The van der Waals surface area contributed by atoms with Gasteiger partial charge in [0.15, 0.2) is 5.69 Å². The average Bonchev–Trinajstić information content (AvgIpc) is 2.32. The Bertz CT molecular complexity index is 276. The summed E-state index contributed by atoms with van der Waals surface area (Å²) in [5.41, 5.74) is -0.475. The third kappa shape index (κ3) is 1.16. The van der Waals surface area contributed by atoms with E-state index in [-0.39, 0.29) is 4.68 Å². The summed E-state index contributed by atoms with van der Waals surface area (Å²) in [7, 11) is 0. The van der Waals surface area contributed by atoms with Gasteiger partial charge in [0.2, 0.25) is 0 Å². The zero-order valence-corrected chi connectivity index (χ0v) is 5.13. The van der Waals surface area contributed by atoms with Crippen LogP contribution in [0.5, 0.6) is 0 Å². The Morgan fingerprint density at radius 1 is 1.45 bits per heavy atom. The SMILES string of the molecule is O=C(O)c1cnnn1C(=O)O. The zero-order valence-electron chi connectivity index (χ0n) is 5.13. The summed E-state index contributed by atoms with van der Waals surface area (Å²) in [6, 6.07) is 0. The van der Waals surface area contributed by atoms with Crippen molar-refractivity contribution >= 4 is 12.1 Å². The minimum Gasteiger partial charge on any atom is -0.476 e. The van der Waals surface area contributed by atoms with Gasteiger partial charge < -0.3 is 10.2 Å². The molecule has 1 rings (SSSR count). The highest BCUT2D eigenvalue weighted by Gasteiger charge is 2.15. The van der Waals surface area contributed by atoms with Gasteiger partial charge in [-0.1, -0.05) is 5.21 Å². The lowest BCUT2D eigenvalue weighted by Crippen LogP contribution is -2.16. The first kappa shape index (κ1) is 7.19. The van der Waals surface area contributed by atoms with Gasteiger partial charge in [0.25, 0.3) is 0 Å². The van der Waals surface area contributed by atoms with E-state index in [4.69, 9.17) is 10.2 Å². The Morgan fingerprint density at radius 3 is 2.45 bits per heavy atom. The van der Waals surface area contributed by atoms with Gasteiger partial charge in [0, 0.05) is 0 Å². The fraction of sp³-hybridized carbons (Fsp3) is 0. The maximum absolute atomic E-state index is 10.2. The van der Waals surface area contributed by atoms with Crippen molar-refractivity contribution in [3.05, 3.63) is 11.9 Å². The first-order valence-corrected chi connectivity index (χ1v) is 2.50. The van der Waals surface area contributed by atoms with Crippen LogP contribution in [0.4, 0.5) is 4.79 Å². The van der Waals surface area contributed by atoms with E-state index in [0.717, 1.165) is 6.20 Å². The molecular formula is C4H3N3O4. The van der Waals surface area contributed by atoms with Gasteiger partial charge in [0.05, 0.1) is 6.20 Å². The van der Waals surface area contributed by atoms with Gasteiger partial charge >= 0.3 is 12.1 Å². The predicted molar refractivity (Wildman–Crippen MR) is 30.4 cm³/mol. The van der Waals surface area contributed by atoms with Gasteiger partial charge in [-0.3, -0.25) is 0 Å². The normalized spacial score (nSPS) is 9.45. The molecular weight excluding hydrogens is 154 g/mol. The molecule has 1 aromatic rings. The molecule has 1 heterocycles. The van der Waals surface area contributed by atoms with Crippen LogP contribution in [0.3, 0.4) is 0 Å². The Morgan fingerprint density at radius 2 is 2.09 bits per heavy atom. The molecule has 0 bridgehead atoms. The Balaban J connectivity index is 3.16. The second-order valence-corrected chi connectivity index (χ2v) is 1.62. The molecule has 2 N–H and O–H groups in total. The van der Waals surface area contributed by atoms with E-state index in [1.165, 1.54) is 0 Å². The summed E-state index contributed by atoms with van der Waals surface area (Å²) in [5.74, 6) is -1.38. The molecule has 0 aromatic carbocycles. The van der Waals surface area contributed by atoms with Crippen LogP contribution in [0, 0.1) is 0 Å². The van der Waals surface area contributed by atoms with Crippen LogP contribution in [0.1, 0.15) is 10.5 Å². The van der Waals surface area contributed by atoms with E-state index in [2.05, 4.69) is 10.3 Å². The molecule has 0 aliphatic heterocycles. The Kier molecular flexibility index (Phi) is 1.55. The Hall–Kier alpha value is -1.92. The lowest BCUT2D eigenvalue weighted by Gasteiger charge is -1.91. The number of aromatic nitrogens is 3. The molecule has 0 unspecified atom stereocenters. The highest BCUT2D eigenvalue weighted by Crippen LogP contribution is 1.94. The summed E-state index contributed by atoms with van der Waals surface area (Å²) >= 11 is 0. The number of aromatic carboxylic acids is 1. The number of carboxylic acid groups (broad SMARTS) is 2. The van der Waals surface area contributed by atoms with Crippen LogP contribution in [0.15, 0.2) is 6.20 Å². The van der Waals surface area contributed by atoms with Gasteiger partial charge in [-0.05, 0) is 0 Å². The molecule has 0 amide bonds. The van der Waals surface area contributed by atoms with E-state index in [0.29, 0.717) is 0 Å². The topological polar surface area (TPSA) is 105 Å². The molecule has 7 heteroatoms. The van der Waals surface area contributed by atoms with E-state index in [9.17, 15) is 9.59 Å². The molecule has 0 atom stereocenters. The average molecular weight is 157 g/mol. The largest absolute Gasteiger partial charge is 0.476 e. The van der Waals surface area contributed by atoms with E-state index >= 15 is 0 Å². The molecule has 58 valence electrons. The minimum atomic E-state index is -1.47. The van der Waals surface area contributed by atoms with Crippen molar-refractivity contribution in [3.63, 3.8) is 0 Å². The first-order chi connectivity index (χ1) is 5.13. The number of carboxylic acids is 1. The van der Waals surface area contributed by atoms with Crippen LogP contribution in [-0.4, -0.2) is 37.3 Å². The molecule has 1 aromatic heterocycles. The molecule has 0 spiro atoms. The summed E-state index contributed by atoms with van der Waals surface area (Å²) < 4.78 is 0.280. The lowest BCUT2D eigenvalue weighted by molar-refractivity contribution is 0.0682. The fourth-order valence-corrected chi connectivity index (χ4v) is 0.522. The molecule has 11 heavy (non-hydrogen) atoms. The van der Waals surface area contributed by atoms with Crippen molar-refractivity contribution in [2.24, 2.45) is 0 Å². The van der Waals surface area contributed by atoms with Gasteiger partial charge in [0.1, 0.15) is 0 Å². The van der Waals surface area contributed by atoms with E-state index in [1.807, 2.05) is 0 Å². The van der Waals surface area contributed by atoms with Crippen molar-refractivity contribution in [1.29, 1.82) is 0 Å². The van der Waals surface area contributed by atoms with Crippen molar-refractivity contribution in [2.75, 3.05) is 0 Å². The van der Waals surface area contributed by atoms with Gasteiger partial charge in [-0.15, -0.1) is 9.78 Å². The van der Waals surface area contributed by atoms with Crippen LogP contribution in [0.25, 0.3) is 0 Å². The second-order valence-electron chi connectivity index (χ2n) is 1.62. The lowest BCUT2D eigenvalue weighted by atomic mass is 10.5. The maximum Gasteiger partial charge on any atom is 0.434 e. The summed E-state index contributed by atoms with van der Waals surface area (Å²) in [6.45, 7) is 0. The summed E-state index contributed by atoms with van der Waals surface area (Å²) in [5, 5.41) is 22.8. The van der Waals surface area contributed by atoms with E-state index in [1.54, 1.807) is 0 Å². The van der Waals surface area contributed by atoms with E-state index < -0.39 is 17.8 Å². The van der Waals surface area contributed by atoms with Crippen LogP contribution in [-0.2, 0) is 0 Å². The number of nitrogens with zero attached hydrogens (tertiary/aromatic N) is 3. The maximum atomic E-state index is 10.2. The molecule has 0 aliphatic carbocycles. The zero-order chi connectivity index (χ0) is 8.43. The number of hydrogen-bond acceptors (Lipinski definition) is 4. The molecule has 0 saturated heterocycles. The van der Waals surface area contributed by atoms with Crippen LogP contribution < -0.4 is 0 Å². The minimum absolute atomic E-state index is 0.280. The molecule has 0 aliphatic rings. The third-order valence-electron chi connectivity index (χ3n) is 0.950. The van der Waals surface area contributed by atoms with Crippen LogP contribution in [0.2, 0.25) is 0 Å². The van der Waals surface area contributed by atoms with Crippen molar-refractivity contribution in [3.8, 4) is 0 Å². The van der Waals surface area contributed by atoms with Crippen molar-refractivity contribution in [1.82, 2.24) is 15.0 Å². The smallest absolute Gasteiger partial charge is 0.434 e. The third-order valence-corrected chi connectivity index (χ3v) is 0.950. The highest BCUT2D eigenvalue weighted by atomic mass is 16.4. The highest BCUT2D eigenvalue weighted by molar-refractivity contribution is 5.88. The molecule has 0 radical (unpaired) electrons.